The monoisotopic (exact) mass is 294 g/mol. The standard InChI is InChI=1S/C12H18N6OS/c1-3-10-14-12(20-16-10)18-5-6-19-9(7-18)11-15-13-8-17(11)4-2/h8-9H,3-7H2,1-2H3/t9-/m0/s1. The molecule has 1 aliphatic rings. The van der Waals surface area contributed by atoms with E-state index in [1.54, 1.807) is 6.33 Å². The van der Waals surface area contributed by atoms with Crippen molar-refractivity contribution in [3.05, 3.63) is 18.0 Å². The average Bonchev–Trinajstić information content (AvgIpc) is 3.16. The molecule has 7 nitrogen and oxygen atoms in total. The molecule has 0 unspecified atom stereocenters. The van der Waals surface area contributed by atoms with Gasteiger partial charge in [-0.05, 0) is 6.92 Å². The SMILES string of the molecule is CCc1nsc(N2CCO[C@H](c3nncn3CC)C2)n1. The number of aromatic nitrogens is 5. The van der Waals surface area contributed by atoms with Crippen molar-refractivity contribution >= 4 is 16.7 Å². The van der Waals surface area contributed by atoms with Gasteiger partial charge in [-0.15, -0.1) is 10.2 Å². The van der Waals surface area contributed by atoms with Crippen LogP contribution in [0.1, 0.15) is 31.6 Å². The highest BCUT2D eigenvalue weighted by Gasteiger charge is 2.27. The van der Waals surface area contributed by atoms with Crippen LogP contribution in [0.2, 0.25) is 0 Å². The van der Waals surface area contributed by atoms with Crippen LogP contribution in [0.3, 0.4) is 0 Å². The Labute approximate surface area is 121 Å². The van der Waals surface area contributed by atoms with E-state index in [0.717, 1.165) is 42.8 Å². The molecule has 0 N–H and O–H groups in total. The number of ether oxygens (including phenoxy) is 1. The molecule has 2 aromatic heterocycles. The van der Waals surface area contributed by atoms with Gasteiger partial charge >= 0.3 is 0 Å². The molecule has 1 saturated heterocycles. The number of morpholine rings is 1. The van der Waals surface area contributed by atoms with Gasteiger partial charge in [0.1, 0.15) is 18.3 Å². The predicted molar refractivity (Wildman–Crippen MR) is 75.9 cm³/mol. The lowest BCUT2D eigenvalue weighted by Gasteiger charge is -2.31. The number of aryl methyl sites for hydroxylation is 2. The van der Waals surface area contributed by atoms with Crippen LogP contribution in [0.15, 0.2) is 6.33 Å². The highest BCUT2D eigenvalue weighted by Crippen LogP contribution is 2.26. The Balaban J connectivity index is 1.76. The first-order valence-electron chi connectivity index (χ1n) is 6.88. The van der Waals surface area contributed by atoms with E-state index in [4.69, 9.17) is 4.74 Å². The van der Waals surface area contributed by atoms with E-state index in [9.17, 15) is 0 Å². The van der Waals surface area contributed by atoms with Gasteiger partial charge in [-0.25, -0.2) is 4.98 Å². The minimum absolute atomic E-state index is 0.0554. The van der Waals surface area contributed by atoms with Gasteiger partial charge in [0.2, 0.25) is 5.13 Å². The normalized spacial score (nSPS) is 19.5. The zero-order chi connectivity index (χ0) is 13.9. The van der Waals surface area contributed by atoms with Crippen LogP contribution in [0.5, 0.6) is 0 Å². The highest BCUT2D eigenvalue weighted by atomic mass is 32.1. The average molecular weight is 294 g/mol. The molecule has 3 rings (SSSR count). The summed E-state index contributed by atoms with van der Waals surface area (Å²) in [6, 6.07) is 0. The summed E-state index contributed by atoms with van der Waals surface area (Å²) in [4.78, 5) is 6.77. The van der Waals surface area contributed by atoms with E-state index in [2.05, 4.69) is 38.3 Å². The lowest BCUT2D eigenvalue weighted by atomic mass is 10.2. The summed E-state index contributed by atoms with van der Waals surface area (Å²) in [5.41, 5.74) is 0. The topological polar surface area (TPSA) is 69.0 Å². The third-order valence-corrected chi connectivity index (χ3v) is 4.20. The first-order chi connectivity index (χ1) is 9.81. The first kappa shape index (κ1) is 13.4. The van der Waals surface area contributed by atoms with Gasteiger partial charge < -0.3 is 14.2 Å². The Morgan fingerprint density at radius 2 is 2.35 bits per heavy atom. The number of nitrogens with zero attached hydrogens (tertiary/aromatic N) is 6. The van der Waals surface area contributed by atoms with Gasteiger partial charge in [0.25, 0.3) is 0 Å². The molecular formula is C12H18N6OS. The summed E-state index contributed by atoms with van der Waals surface area (Å²) in [6.07, 6.45) is 2.56. The maximum atomic E-state index is 5.84. The summed E-state index contributed by atoms with van der Waals surface area (Å²) in [5, 5.41) is 9.13. The third kappa shape index (κ3) is 2.53. The number of anilines is 1. The van der Waals surface area contributed by atoms with E-state index in [1.165, 1.54) is 11.5 Å². The van der Waals surface area contributed by atoms with Crippen molar-refractivity contribution in [3.63, 3.8) is 0 Å². The fraction of sp³-hybridized carbons (Fsp3) is 0.667. The lowest BCUT2D eigenvalue weighted by Crippen LogP contribution is -2.39. The van der Waals surface area contributed by atoms with Crippen LogP contribution >= 0.6 is 11.5 Å². The van der Waals surface area contributed by atoms with Gasteiger partial charge in [0.15, 0.2) is 5.82 Å². The Bertz CT molecular complexity index is 568. The lowest BCUT2D eigenvalue weighted by molar-refractivity contribution is 0.0316. The van der Waals surface area contributed by atoms with Crippen LogP contribution in [-0.4, -0.2) is 43.8 Å². The number of hydrogen-bond acceptors (Lipinski definition) is 7. The molecule has 3 heterocycles. The predicted octanol–water partition coefficient (Wildman–Crippen LogP) is 1.29. The Morgan fingerprint density at radius 1 is 1.45 bits per heavy atom. The summed E-state index contributed by atoms with van der Waals surface area (Å²) < 4.78 is 12.2. The molecule has 8 heteroatoms. The van der Waals surface area contributed by atoms with Crippen LogP contribution in [0.4, 0.5) is 5.13 Å². The maximum Gasteiger partial charge on any atom is 0.205 e. The molecule has 0 spiro atoms. The van der Waals surface area contributed by atoms with Gasteiger partial charge in [-0.3, -0.25) is 0 Å². The van der Waals surface area contributed by atoms with Crippen molar-refractivity contribution in [2.45, 2.75) is 32.9 Å². The Hall–Kier alpha value is -1.54. The van der Waals surface area contributed by atoms with E-state index in [1.807, 2.05) is 4.57 Å². The summed E-state index contributed by atoms with van der Waals surface area (Å²) in [5.74, 6) is 1.79. The summed E-state index contributed by atoms with van der Waals surface area (Å²) >= 11 is 1.46. The highest BCUT2D eigenvalue weighted by molar-refractivity contribution is 7.09. The minimum atomic E-state index is -0.0554. The zero-order valence-electron chi connectivity index (χ0n) is 11.7. The largest absolute Gasteiger partial charge is 0.366 e. The fourth-order valence-corrected chi connectivity index (χ4v) is 3.04. The van der Waals surface area contributed by atoms with Crippen LogP contribution in [0.25, 0.3) is 0 Å². The third-order valence-electron chi connectivity index (χ3n) is 3.38. The van der Waals surface area contributed by atoms with Crippen LogP contribution < -0.4 is 4.90 Å². The molecule has 0 saturated carbocycles. The molecule has 1 atom stereocenters. The van der Waals surface area contributed by atoms with Crippen LogP contribution in [-0.2, 0) is 17.7 Å². The van der Waals surface area contributed by atoms with Crippen molar-refractivity contribution < 1.29 is 4.74 Å². The van der Waals surface area contributed by atoms with Gasteiger partial charge in [-0.1, -0.05) is 6.92 Å². The Kier molecular flexibility index (Phi) is 3.93. The fourth-order valence-electron chi connectivity index (χ4n) is 2.25. The van der Waals surface area contributed by atoms with E-state index in [-0.39, 0.29) is 6.10 Å². The molecular weight excluding hydrogens is 276 g/mol. The van der Waals surface area contributed by atoms with Crippen molar-refractivity contribution in [3.8, 4) is 0 Å². The van der Waals surface area contributed by atoms with Gasteiger partial charge in [-0.2, -0.15) is 4.37 Å². The molecule has 1 fully saturated rings. The molecule has 0 radical (unpaired) electrons. The second-order valence-corrected chi connectivity index (χ2v) is 5.36. The van der Waals surface area contributed by atoms with Gasteiger partial charge in [0, 0.05) is 31.0 Å². The summed E-state index contributed by atoms with van der Waals surface area (Å²) in [7, 11) is 0. The molecule has 2 aromatic rings. The molecule has 108 valence electrons. The first-order valence-corrected chi connectivity index (χ1v) is 7.66. The number of hydrogen-bond donors (Lipinski definition) is 0. The van der Waals surface area contributed by atoms with Crippen LogP contribution in [0, 0.1) is 0 Å². The smallest absolute Gasteiger partial charge is 0.205 e. The summed E-state index contributed by atoms with van der Waals surface area (Å²) in [6.45, 7) is 7.25. The minimum Gasteiger partial charge on any atom is -0.366 e. The second kappa shape index (κ2) is 5.84. The second-order valence-electron chi connectivity index (χ2n) is 4.63. The Morgan fingerprint density at radius 3 is 3.10 bits per heavy atom. The number of rotatable bonds is 4. The van der Waals surface area contributed by atoms with Crippen molar-refractivity contribution in [1.82, 2.24) is 24.1 Å². The quantitative estimate of drug-likeness (QED) is 0.846. The molecule has 0 aromatic carbocycles. The van der Waals surface area contributed by atoms with Crippen molar-refractivity contribution in [1.29, 1.82) is 0 Å². The molecule has 1 aliphatic heterocycles. The van der Waals surface area contributed by atoms with Gasteiger partial charge in [0.05, 0.1) is 13.2 Å². The molecule has 0 bridgehead atoms. The van der Waals surface area contributed by atoms with Crippen molar-refractivity contribution in [2.75, 3.05) is 24.6 Å². The van der Waals surface area contributed by atoms with E-state index >= 15 is 0 Å². The van der Waals surface area contributed by atoms with E-state index in [0.29, 0.717) is 6.61 Å². The maximum absolute atomic E-state index is 5.84. The zero-order valence-corrected chi connectivity index (χ0v) is 12.5. The van der Waals surface area contributed by atoms with E-state index < -0.39 is 0 Å². The molecule has 20 heavy (non-hydrogen) atoms. The molecule has 0 aliphatic carbocycles. The van der Waals surface area contributed by atoms with Crippen molar-refractivity contribution in [2.24, 2.45) is 0 Å². The molecule has 0 amide bonds.